The molecule has 37 heavy (non-hydrogen) atoms. The second kappa shape index (κ2) is 10.5. The van der Waals surface area contributed by atoms with Crippen molar-refractivity contribution < 1.29 is 23.4 Å². The number of nitrogens with zero attached hydrogens (tertiary/aromatic N) is 6. The van der Waals surface area contributed by atoms with Gasteiger partial charge in [-0.2, -0.15) is 0 Å². The molecule has 0 saturated heterocycles. The van der Waals surface area contributed by atoms with E-state index in [4.69, 9.17) is 14.1 Å². The van der Waals surface area contributed by atoms with Gasteiger partial charge in [-0.05, 0) is 62.4 Å². The fourth-order valence-electron chi connectivity index (χ4n) is 4.59. The van der Waals surface area contributed by atoms with Crippen molar-refractivity contribution in [2.45, 2.75) is 51.6 Å². The van der Waals surface area contributed by atoms with Crippen LogP contribution in [0.3, 0.4) is 0 Å². The Morgan fingerprint density at radius 3 is 2.59 bits per heavy atom. The van der Waals surface area contributed by atoms with E-state index in [1.165, 1.54) is 12.1 Å². The van der Waals surface area contributed by atoms with Crippen LogP contribution >= 0.6 is 0 Å². The summed E-state index contributed by atoms with van der Waals surface area (Å²) >= 11 is 0. The number of pyridine rings is 1. The molecule has 1 aromatic carbocycles. The fraction of sp³-hybridized carbons (Fsp3) is 0.385. The van der Waals surface area contributed by atoms with Gasteiger partial charge in [-0.15, -0.1) is 15.3 Å². The zero-order chi connectivity index (χ0) is 25.9. The number of ether oxygens (including phenoxy) is 1. The smallest absolute Gasteiger partial charge is 0.306 e. The SMILES string of the molecule is Cc1nc(-c2nnn(C)c2Cc2nnc(Cc3ccc(F)cc3)o2)ccc1O[C@H]1CCC[C@H](C(=O)O)C1. The molecule has 1 aliphatic carbocycles. The molecular formula is C26H27FN6O4. The third-order valence-electron chi connectivity index (χ3n) is 6.59. The Bertz CT molecular complexity index is 1400. The lowest BCUT2D eigenvalue weighted by Crippen LogP contribution is -2.29. The fourth-order valence-corrected chi connectivity index (χ4v) is 4.59. The van der Waals surface area contributed by atoms with Crippen molar-refractivity contribution >= 4 is 5.97 Å². The highest BCUT2D eigenvalue weighted by atomic mass is 19.1. The van der Waals surface area contributed by atoms with Gasteiger partial charge in [-0.25, -0.2) is 9.37 Å². The van der Waals surface area contributed by atoms with Crippen LogP contribution in [0.4, 0.5) is 4.39 Å². The summed E-state index contributed by atoms with van der Waals surface area (Å²) in [6.07, 6.45) is 3.41. The number of aryl methyl sites for hydroxylation is 2. The summed E-state index contributed by atoms with van der Waals surface area (Å²) in [4.78, 5) is 16.1. The van der Waals surface area contributed by atoms with E-state index in [0.29, 0.717) is 60.3 Å². The zero-order valence-electron chi connectivity index (χ0n) is 20.6. The maximum atomic E-state index is 13.2. The molecule has 0 aliphatic heterocycles. The summed E-state index contributed by atoms with van der Waals surface area (Å²) in [7, 11) is 1.79. The number of carboxylic acid groups (broad SMARTS) is 1. The quantitative estimate of drug-likeness (QED) is 0.378. The lowest BCUT2D eigenvalue weighted by atomic mass is 9.87. The van der Waals surface area contributed by atoms with E-state index in [1.807, 2.05) is 19.1 Å². The number of carboxylic acids is 1. The number of aliphatic carboxylic acids is 1. The number of carbonyl (C=O) groups is 1. The van der Waals surface area contributed by atoms with Gasteiger partial charge in [-0.1, -0.05) is 17.3 Å². The number of rotatable bonds is 8. The summed E-state index contributed by atoms with van der Waals surface area (Å²) in [5, 5.41) is 26.1. The molecule has 4 aromatic rings. The van der Waals surface area contributed by atoms with E-state index in [9.17, 15) is 14.3 Å². The Morgan fingerprint density at radius 1 is 1.11 bits per heavy atom. The highest BCUT2D eigenvalue weighted by Gasteiger charge is 2.28. The molecule has 192 valence electrons. The van der Waals surface area contributed by atoms with E-state index in [2.05, 4.69) is 20.5 Å². The number of halogens is 1. The van der Waals surface area contributed by atoms with Crippen molar-refractivity contribution in [1.82, 2.24) is 30.2 Å². The number of benzene rings is 1. The Kier molecular flexibility index (Phi) is 6.93. The largest absolute Gasteiger partial charge is 0.489 e. The van der Waals surface area contributed by atoms with Crippen LogP contribution in [0, 0.1) is 18.7 Å². The molecule has 11 heteroatoms. The van der Waals surface area contributed by atoms with Crippen LogP contribution in [0.1, 0.15) is 54.4 Å². The van der Waals surface area contributed by atoms with Gasteiger partial charge in [0.1, 0.15) is 17.3 Å². The standard InChI is InChI=1S/C26H27FN6O4/c1-15-22(36-19-5-3-4-17(13-19)26(34)35)11-10-20(28-15)25-21(33(2)32-31-25)14-24-30-29-23(37-24)12-16-6-8-18(27)9-7-16/h6-11,17,19H,3-5,12-14H2,1-2H3,(H,34,35)/t17-,19-/m0/s1. The van der Waals surface area contributed by atoms with Crippen molar-refractivity contribution in [2.75, 3.05) is 0 Å². The van der Waals surface area contributed by atoms with E-state index < -0.39 is 5.97 Å². The number of hydrogen-bond donors (Lipinski definition) is 1. The lowest BCUT2D eigenvalue weighted by molar-refractivity contribution is -0.143. The molecule has 1 fully saturated rings. The molecule has 0 spiro atoms. The summed E-state index contributed by atoms with van der Waals surface area (Å²) in [6.45, 7) is 1.85. The van der Waals surface area contributed by atoms with Gasteiger partial charge in [0, 0.05) is 7.05 Å². The normalized spacial score (nSPS) is 17.6. The maximum absolute atomic E-state index is 13.2. The molecule has 3 aromatic heterocycles. The summed E-state index contributed by atoms with van der Waals surface area (Å²) < 4.78 is 26.7. The van der Waals surface area contributed by atoms with E-state index in [-0.39, 0.29) is 17.8 Å². The van der Waals surface area contributed by atoms with E-state index in [0.717, 1.165) is 24.1 Å². The Hall–Kier alpha value is -4.15. The average molecular weight is 507 g/mol. The molecule has 0 bridgehead atoms. The van der Waals surface area contributed by atoms with E-state index >= 15 is 0 Å². The molecule has 3 heterocycles. The molecule has 10 nitrogen and oxygen atoms in total. The van der Waals surface area contributed by atoms with Crippen molar-refractivity contribution in [1.29, 1.82) is 0 Å². The van der Waals surface area contributed by atoms with Crippen molar-refractivity contribution in [3.63, 3.8) is 0 Å². The van der Waals surface area contributed by atoms with Gasteiger partial charge >= 0.3 is 5.97 Å². The van der Waals surface area contributed by atoms with Crippen LogP contribution in [0.15, 0.2) is 40.8 Å². The van der Waals surface area contributed by atoms with Gasteiger partial charge in [0.25, 0.3) is 0 Å². The van der Waals surface area contributed by atoms with Crippen LogP contribution in [0.5, 0.6) is 5.75 Å². The van der Waals surface area contributed by atoms with Crippen LogP contribution in [-0.4, -0.2) is 47.4 Å². The second-order valence-corrected chi connectivity index (χ2v) is 9.30. The third kappa shape index (κ3) is 5.65. The molecular weight excluding hydrogens is 479 g/mol. The average Bonchev–Trinajstić information content (AvgIpc) is 3.48. The first-order valence-corrected chi connectivity index (χ1v) is 12.2. The van der Waals surface area contributed by atoms with Gasteiger partial charge < -0.3 is 14.3 Å². The van der Waals surface area contributed by atoms with Crippen LogP contribution in [-0.2, 0) is 24.7 Å². The Balaban J connectivity index is 1.30. The zero-order valence-corrected chi connectivity index (χ0v) is 20.6. The monoisotopic (exact) mass is 506 g/mol. The number of hydrogen-bond acceptors (Lipinski definition) is 8. The molecule has 0 unspecified atom stereocenters. The highest BCUT2D eigenvalue weighted by Crippen LogP contribution is 2.30. The Labute approximate surface area is 212 Å². The minimum absolute atomic E-state index is 0.144. The van der Waals surface area contributed by atoms with Crippen LogP contribution in [0.25, 0.3) is 11.4 Å². The van der Waals surface area contributed by atoms with Crippen molar-refractivity contribution in [3.8, 4) is 17.1 Å². The predicted octanol–water partition coefficient (Wildman–Crippen LogP) is 3.91. The predicted molar refractivity (Wildman–Crippen MR) is 129 cm³/mol. The molecule has 1 aliphatic rings. The first-order chi connectivity index (χ1) is 17.9. The highest BCUT2D eigenvalue weighted by molar-refractivity contribution is 5.70. The molecule has 0 amide bonds. The number of aromatic nitrogens is 6. The first kappa shape index (κ1) is 24.5. The summed E-state index contributed by atoms with van der Waals surface area (Å²) in [5.74, 6) is 0.0437. The van der Waals surface area contributed by atoms with Gasteiger partial charge in [0.05, 0.1) is 41.9 Å². The Morgan fingerprint density at radius 2 is 1.86 bits per heavy atom. The molecule has 0 radical (unpaired) electrons. The maximum Gasteiger partial charge on any atom is 0.306 e. The summed E-state index contributed by atoms with van der Waals surface area (Å²) in [5.41, 5.74) is 3.54. The summed E-state index contributed by atoms with van der Waals surface area (Å²) in [6, 6.07) is 9.82. The second-order valence-electron chi connectivity index (χ2n) is 9.30. The van der Waals surface area contributed by atoms with Gasteiger partial charge in [-0.3, -0.25) is 9.48 Å². The lowest BCUT2D eigenvalue weighted by Gasteiger charge is -2.27. The topological polar surface area (TPSA) is 129 Å². The van der Waals surface area contributed by atoms with Gasteiger partial charge in [0.2, 0.25) is 11.8 Å². The molecule has 2 atom stereocenters. The van der Waals surface area contributed by atoms with Crippen LogP contribution < -0.4 is 4.74 Å². The first-order valence-electron chi connectivity index (χ1n) is 12.2. The van der Waals surface area contributed by atoms with E-state index in [1.54, 1.807) is 23.9 Å². The molecule has 1 saturated carbocycles. The van der Waals surface area contributed by atoms with Crippen LogP contribution in [0.2, 0.25) is 0 Å². The minimum atomic E-state index is -0.766. The van der Waals surface area contributed by atoms with Gasteiger partial charge in [0.15, 0.2) is 0 Å². The molecule has 5 rings (SSSR count). The minimum Gasteiger partial charge on any atom is -0.489 e. The third-order valence-corrected chi connectivity index (χ3v) is 6.59. The van der Waals surface area contributed by atoms with Crippen molar-refractivity contribution in [3.05, 3.63) is 70.9 Å². The van der Waals surface area contributed by atoms with Crippen molar-refractivity contribution in [2.24, 2.45) is 13.0 Å². The molecule has 1 N–H and O–H groups in total.